The van der Waals surface area contributed by atoms with E-state index in [4.69, 9.17) is 0 Å². The second-order valence-electron chi connectivity index (χ2n) is 6.79. The number of halogens is 2. The van der Waals surface area contributed by atoms with Crippen molar-refractivity contribution in [3.63, 3.8) is 0 Å². The lowest BCUT2D eigenvalue weighted by atomic mass is 9.99. The fraction of sp³-hybridized carbons (Fsp3) is 0.765. The van der Waals surface area contributed by atoms with Crippen molar-refractivity contribution in [2.24, 2.45) is 5.92 Å². The van der Waals surface area contributed by atoms with Gasteiger partial charge in [0.1, 0.15) is 11.6 Å². The number of rotatable bonds is 6. The lowest BCUT2D eigenvalue weighted by molar-refractivity contribution is 0.0758. The molecule has 0 saturated carbocycles. The van der Waals surface area contributed by atoms with Gasteiger partial charge in [-0.2, -0.15) is 0 Å². The average Bonchev–Trinajstić information content (AvgIpc) is 2.46. The number of nitrogens with zero attached hydrogens (tertiary/aromatic N) is 3. The molecule has 130 valence electrons. The van der Waals surface area contributed by atoms with Gasteiger partial charge >= 0.3 is 0 Å². The Labute approximate surface area is 137 Å². The van der Waals surface area contributed by atoms with Crippen molar-refractivity contribution in [2.45, 2.75) is 65.5 Å². The smallest absolute Gasteiger partial charge is 0.241 e. The third-order valence-electron chi connectivity index (χ3n) is 4.45. The number of nitrogens with one attached hydrogen (secondary N) is 1. The van der Waals surface area contributed by atoms with E-state index in [1.165, 1.54) is 0 Å². The quantitative estimate of drug-likeness (QED) is 0.870. The minimum atomic E-state index is -2.23. The number of aryl methyl sites for hydroxylation is 2. The molecule has 0 spiro atoms. The number of anilines is 1. The third-order valence-corrected chi connectivity index (χ3v) is 4.45. The van der Waals surface area contributed by atoms with Gasteiger partial charge in [0.05, 0.1) is 0 Å². The molecule has 4 nitrogen and oxygen atoms in total. The Morgan fingerprint density at radius 3 is 2.43 bits per heavy atom. The first-order valence-corrected chi connectivity index (χ1v) is 8.46. The van der Waals surface area contributed by atoms with Crippen LogP contribution in [0.3, 0.4) is 0 Å². The summed E-state index contributed by atoms with van der Waals surface area (Å²) in [7, 11) is 0. The van der Waals surface area contributed by atoms with Gasteiger partial charge in [0.15, 0.2) is 0 Å². The van der Waals surface area contributed by atoms with Crippen LogP contribution >= 0.6 is 0 Å². The van der Waals surface area contributed by atoms with Crippen molar-refractivity contribution in [3.8, 4) is 0 Å². The molecule has 1 fully saturated rings. The molecular weight excluding hydrogens is 298 g/mol. The van der Waals surface area contributed by atoms with Crippen molar-refractivity contribution in [1.82, 2.24) is 15.3 Å². The monoisotopic (exact) mass is 326 g/mol. The number of piperidine rings is 1. The van der Waals surface area contributed by atoms with E-state index in [-0.39, 0.29) is 6.04 Å². The number of aromatic nitrogens is 2. The van der Waals surface area contributed by atoms with Gasteiger partial charge in [-0.3, -0.25) is 0 Å². The maximum Gasteiger partial charge on any atom is 0.241 e. The van der Waals surface area contributed by atoms with Crippen LogP contribution in [-0.4, -0.2) is 41.6 Å². The van der Waals surface area contributed by atoms with Crippen LogP contribution in [0.15, 0.2) is 6.07 Å². The van der Waals surface area contributed by atoms with Gasteiger partial charge in [-0.15, -0.1) is 0 Å². The maximum atomic E-state index is 12.6. The van der Waals surface area contributed by atoms with E-state index in [9.17, 15) is 8.78 Å². The van der Waals surface area contributed by atoms with Gasteiger partial charge in [-0.1, -0.05) is 6.92 Å². The summed E-state index contributed by atoms with van der Waals surface area (Å²) >= 11 is 0. The van der Waals surface area contributed by atoms with Gasteiger partial charge in [-0.05, 0) is 40.0 Å². The molecule has 0 aliphatic carbocycles. The lowest BCUT2D eigenvalue weighted by Gasteiger charge is -2.35. The zero-order chi connectivity index (χ0) is 17.0. The Morgan fingerprint density at radius 1 is 1.22 bits per heavy atom. The summed E-state index contributed by atoms with van der Waals surface area (Å²) in [5, 5.41) is 3.51. The van der Waals surface area contributed by atoms with E-state index in [0.29, 0.717) is 12.5 Å². The zero-order valence-corrected chi connectivity index (χ0v) is 14.5. The molecule has 1 aromatic heterocycles. The number of hydrogen-bond acceptors (Lipinski definition) is 4. The van der Waals surface area contributed by atoms with Gasteiger partial charge in [-0.25, -0.2) is 18.7 Å². The van der Waals surface area contributed by atoms with Crippen LogP contribution in [0.2, 0.25) is 0 Å². The SMILES string of the molecule is Cc1cc(N2CCC(NC(C)CC(C)C(F)F)CC2)nc(C)n1. The Morgan fingerprint density at radius 2 is 1.87 bits per heavy atom. The highest BCUT2D eigenvalue weighted by Gasteiger charge is 2.23. The maximum absolute atomic E-state index is 12.6. The molecule has 2 heterocycles. The molecule has 1 N–H and O–H groups in total. The molecular formula is C17H28F2N4. The van der Waals surface area contributed by atoms with Crippen molar-refractivity contribution in [1.29, 1.82) is 0 Å². The molecule has 1 aromatic rings. The van der Waals surface area contributed by atoms with Gasteiger partial charge in [0.25, 0.3) is 0 Å². The van der Waals surface area contributed by atoms with E-state index in [1.807, 2.05) is 26.8 Å². The molecule has 1 aliphatic rings. The van der Waals surface area contributed by atoms with Gasteiger partial charge in [0, 0.05) is 42.9 Å². The van der Waals surface area contributed by atoms with E-state index in [1.54, 1.807) is 6.92 Å². The lowest BCUT2D eigenvalue weighted by Crippen LogP contribution is -2.46. The summed E-state index contributed by atoms with van der Waals surface area (Å²) in [6.45, 7) is 9.39. The van der Waals surface area contributed by atoms with Crippen LogP contribution in [0.5, 0.6) is 0 Å². The molecule has 1 aliphatic heterocycles. The second-order valence-corrected chi connectivity index (χ2v) is 6.79. The summed E-state index contributed by atoms with van der Waals surface area (Å²) in [6, 6.07) is 2.54. The Kier molecular flexibility index (Phi) is 6.27. The number of hydrogen-bond donors (Lipinski definition) is 1. The zero-order valence-electron chi connectivity index (χ0n) is 14.5. The highest BCUT2D eigenvalue weighted by molar-refractivity contribution is 5.40. The first-order valence-electron chi connectivity index (χ1n) is 8.46. The minimum absolute atomic E-state index is 0.124. The highest BCUT2D eigenvalue weighted by atomic mass is 19.3. The summed E-state index contributed by atoms with van der Waals surface area (Å²) < 4.78 is 25.2. The van der Waals surface area contributed by atoms with Crippen LogP contribution in [-0.2, 0) is 0 Å². The standard InChI is InChI=1S/C17H28F2N4/c1-11(17(18)19)9-12(2)21-15-5-7-23(8-6-15)16-10-13(3)20-14(4)22-16/h10-12,15,17,21H,5-9H2,1-4H3. The predicted molar refractivity (Wildman–Crippen MR) is 89.1 cm³/mol. The predicted octanol–water partition coefficient (Wildman–Crippen LogP) is 3.33. The first-order chi connectivity index (χ1) is 10.8. The van der Waals surface area contributed by atoms with Crippen LogP contribution < -0.4 is 10.2 Å². The molecule has 1 saturated heterocycles. The fourth-order valence-electron chi connectivity index (χ4n) is 3.27. The van der Waals surface area contributed by atoms with Crippen LogP contribution in [0.1, 0.15) is 44.6 Å². The fourth-order valence-corrected chi connectivity index (χ4v) is 3.27. The van der Waals surface area contributed by atoms with Crippen LogP contribution in [0.25, 0.3) is 0 Å². The molecule has 0 radical (unpaired) electrons. The van der Waals surface area contributed by atoms with E-state index < -0.39 is 12.3 Å². The average molecular weight is 326 g/mol. The second kappa shape index (κ2) is 7.99. The van der Waals surface area contributed by atoms with Gasteiger partial charge in [0.2, 0.25) is 6.43 Å². The molecule has 0 amide bonds. The van der Waals surface area contributed by atoms with Crippen molar-refractivity contribution >= 4 is 5.82 Å². The van der Waals surface area contributed by atoms with Crippen LogP contribution in [0.4, 0.5) is 14.6 Å². The van der Waals surface area contributed by atoms with E-state index in [2.05, 4.69) is 20.2 Å². The topological polar surface area (TPSA) is 41.0 Å². The van der Waals surface area contributed by atoms with E-state index in [0.717, 1.165) is 43.3 Å². The molecule has 6 heteroatoms. The molecule has 2 unspecified atom stereocenters. The normalized spacial score (nSPS) is 19.2. The summed E-state index contributed by atoms with van der Waals surface area (Å²) in [5.74, 6) is 1.24. The minimum Gasteiger partial charge on any atom is -0.356 e. The molecule has 0 aromatic carbocycles. The van der Waals surface area contributed by atoms with Crippen molar-refractivity contribution in [3.05, 3.63) is 17.6 Å². The largest absolute Gasteiger partial charge is 0.356 e. The van der Waals surface area contributed by atoms with E-state index >= 15 is 0 Å². The van der Waals surface area contributed by atoms with Crippen LogP contribution in [0, 0.1) is 19.8 Å². The third kappa shape index (κ3) is 5.37. The Bertz CT molecular complexity index is 481. The molecule has 0 bridgehead atoms. The summed E-state index contributed by atoms with van der Waals surface area (Å²) in [4.78, 5) is 11.1. The Balaban J connectivity index is 1.81. The first kappa shape index (κ1) is 18.0. The van der Waals surface area contributed by atoms with Crippen molar-refractivity contribution < 1.29 is 8.78 Å². The Hall–Kier alpha value is -1.30. The summed E-state index contributed by atoms with van der Waals surface area (Å²) in [6.07, 6.45) is 0.304. The number of alkyl halides is 2. The molecule has 2 rings (SSSR count). The highest BCUT2D eigenvalue weighted by Crippen LogP contribution is 2.20. The molecule has 2 atom stereocenters. The van der Waals surface area contributed by atoms with Crippen molar-refractivity contribution in [2.75, 3.05) is 18.0 Å². The molecule has 23 heavy (non-hydrogen) atoms. The summed E-state index contributed by atoms with van der Waals surface area (Å²) in [5.41, 5.74) is 0.988. The van der Waals surface area contributed by atoms with Gasteiger partial charge < -0.3 is 10.2 Å².